The number of amides is 2. The van der Waals surface area contributed by atoms with E-state index in [4.69, 9.17) is 9.47 Å². The number of ether oxygens (including phenoxy) is 2. The molecule has 2 heterocycles. The second-order valence-electron chi connectivity index (χ2n) is 7.28. The van der Waals surface area contributed by atoms with E-state index in [1.807, 2.05) is 61.5 Å². The van der Waals surface area contributed by atoms with Crippen molar-refractivity contribution in [2.24, 2.45) is 0 Å². The molecule has 0 bridgehead atoms. The minimum absolute atomic E-state index is 0.0892. The van der Waals surface area contributed by atoms with E-state index < -0.39 is 0 Å². The van der Waals surface area contributed by atoms with Crippen molar-refractivity contribution in [3.63, 3.8) is 0 Å². The fourth-order valence-corrected chi connectivity index (χ4v) is 3.59. The van der Waals surface area contributed by atoms with E-state index in [1.54, 1.807) is 18.2 Å². The van der Waals surface area contributed by atoms with Gasteiger partial charge in [0.2, 0.25) is 0 Å². The van der Waals surface area contributed by atoms with Gasteiger partial charge in [-0.05, 0) is 42.3 Å². The molecule has 2 N–H and O–H groups in total. The van der Waals surface area contributed by atoms with E-state index in [-0.39, 0.29) is 18.1 Å². The van der Waals surface area contributed by atoms with Crippen molar-refractivity contribution in [1.29, 1.82) is 0 Å². The molecule has 4 rings (SSSR count). The third-order valence-electron chi connectivity index (χ3n) is 5.34. The molecule has 1 fully saturated rings. The van der Waals surface area contributed by atoms with Crippen LogP contribution in [0.2, 0.25) is 0 Å². The van der Waals surface area contributed by atoms with Crippen LogP contribution in [0.1, 0.15) is 30.4 Å². The minimum Gasteiger partial charge on any atom is -0.497 e. The Labute approximate surface area is 176 Å². The number of nitrogens with zero attached hydrogens (tertiary/aromatic N) is 2. The minimum atomic E-state index is -0.270. The lowest BCUT2D eigenvalue weighted by atomic mass is 10.1. The highest BCUT2D eigenvalue weighted by Crippen LogP contribution is 2.26. The molecule has 1 saturated heterocycles. The first kappa shape index (κ1) is 20.0. The third kappa shape index (κ3) is 4.31. The van der Waals surface area contributed by atoms with Gasteiger partial charge >= 0.3 is 6.03 Å². The molecule has 7 heteroatoms. The zero-order chi connectivity index (χ0) is 20.9. The maximum atomic E-state index is 13.0. The summed E-state index contributed by atoms with van der Waals surface area (Å²) in [5, 5.41) is 3.09. The number of nitrogens with one attached hydrogen (secondary N) is 2. The lowest BCUT2D eigenvalue weighted by molar-refractivity contribution is 0.00840. The zero-order valence-corrected chi connectivity index (χ0v) is 17.2. The number of carbonyl (C=O) groups is 1. The van der Waals surface area contributed by atoms with Crippen molar-refractivity contribution < 1.29 is 14.3 Å². The Morgan fingerprint density at radius 1 is 1.23 bits per heavy atom. The predicted octanol–water partition coefficient (Wildman–Crippen LogP) is 3.93. The zero-order valence-electron chi connectivity index (χ0n) is 17.2. The Balaban J connectivity index is 1.49. The Kier molecular flexibility index (Phi) is 5.99. The molecule has 2 aromatic carbocycles. The van der Waals surface area contributed by atoms with Crippen molar-refractivity contribution in [3.8, 4) is 17.0 Å². The van der Waals surface area contributed by atoms with Crippen LogP contribution in [-0.4, -0.2) is 47.8 Å². The lowest BCUT2D eigenvalue weighted by Crippen LogP contribution is -2.48. The second-order valence-corrected chi connectivity index (χ2v) is 7.28. The Bertz CT molecular complexity index is 972. The van der Waals surface area contributed by atoms with Gasteiger partial charge in [0.05, 0.1) is 38.3 Å². The molecule has 0 saturated carbocycles. The molecule has 1 aliphatic heterocycles. The second kappa shape index (κ2) is 9.00. The quantitative estimate of drug-likeness (QED) is 0.673. The van der Waals surface area contributed by atoms with Gasteiger partial charge < -0.3 is 24.7 Å². The highest BCUT2D eigenvalue weighted by atomic mass is 16.5. The predicted molar refractivity (Wildman–Crippen MR) is 114 cm³/mol. The maximum absolute atomic E-state index is 13.0. The normalized spacial score (nSPS) is 17.4. The number of H-pyrrole nitrogens is 1. The number of methoxy groups -OCH3 is 1. The lowest BCUT2D eigenvalue weighted by Gasteiger charge is -2.35. The topological polar surface area (TPSA) is 79.5 Å². The summed E-state index contributed by atoms with van der Waals surface area (Å²) in [7, 11) is 1.64. The van der Waals surface area contributed by atoms with Gasteiger partial charge in [-0.15, -0.1) is 0 Å². The summed E-state index contributed by atoms with van der Waals surface area (Å²) >= 11 is 0. The molecule has 1 aliphatic rings. The highest BCUT2D eigenvalue weighted by Gasteiger charge is 2.31. The number of urea groups is 1. The maximum Gasteiger partial charge on any atom is 0.318 e. The summed E-state index contributed by atoms with van der Waals surface area (Å²) in [6.07, 6.45) is 1.79. The van der Waals surface area contributed by atoms with Crippen LogP contribution in [0.4, 0.5) is 4.79 Å². The Morgan fingerprint density at radius 2 is 2.00 bits per heavy atom. The van der Waals surface area contributed by atoms with Gasteiger partial charge in [0.1, 0.15) is 17.6 Å². The van der Waals surface area contributed by atoms with Crippen molar-refractivity contribution >= 4 is 6.03 Å². The van der Waals surface area contributed by atoms with Crippen LogP contribution >= 0.6 is 0 Å². The average molecular weight is 406 g/mol. The Morgan fingerprint density at radius 3 is 2.73 bits per heavy atom. The molecule has 30 heavy (non-hydrogen) atoms. The molecular weight excluding hydrogens is 380 g/mol. The van der Waals surface area contributed by atoms with Crippen LogP contribution in [-0.2, 0) is 4.74 Å². The summed E-state index contributed by atoms with van der Waals surface area (Å²) in [6.45, 7) is 3.41. The van der Waals surface area contributed by atoms with Gasteiger partial charge in [-0.1, -0.05) is 30.3 Å². The molecule has 0 aliphatic carbocycles. The number of hydrogen-bond acceptors (Lipinski definition) is 4. The average Bonchev–Trinajstić information content (AvgIpc) is 3.30. The summed E-state index contributed by atoms with van der Waals surface area (Å²) < 4.78 is 10.9. The van der Waals surface area contributed by atoms with E-state index in [9.17, 15) is 4.79 Å². The van der Waals surface area contributed by atoms with Crippen LogP contribution in [0.15, 0.2) is 60.8 Å². The van der Waals surface area contributed by atoms with E-state index in [2.05, 4.69) is 15.3 Å². The summed E-state index contributed by atoms with van der Waals surface area (Å²) in [6, 6.07) is 17.2. The summed E-state index contributed by atoms with van der Waals surface area (Å²) in [5.74, 6) is 1.51. The number of aromatic amines is 1. The molecule has 0 unspecified atom stereocenters. The van der Waals surface area contributed by atoms with Gasteiger partial charge in [0, 0.05) is 6.54 Å². The van der Waals surface area contributed by atoms with Gasteiger partial charge in [-0.2, -0.15) is 0 Å². The monoisotopic (exact) mass is 406 g/mol. The molecular formula is C23H26N4O3. The van der Waals surface area contributed by atoms with Crippen LogP contribution in [0, 0.1) is 0 Å². The number of rotatable bonds is 5. The first-order valence-corrected chi connectivity index (χ1v) is 10.0. The number of benzene rings is 2. The molecule has 2 amide bonds. The molecule has 0 spiro atoms. The molecule has 2 atom stereocenters. The molecule has 0 radical (unpaired) electrons. The van der Waals surface area contributed by atoms with Gasteiger partial charge in [0.15, 0.2) is 0 Å². The van der Waals surface area contributed by atoms with Gasteiger partial charge in [-0.3, -0.25) is 0 Å². The number of morpholine rings is 1. The Hall–Kier alpha value is -3.32. The fraction of sp³-hybridized carbons (Fsp3) is 0.304. The van der Waals surface area contributed by atoms with Crippen LogP contribution in [0.25, 0.3) is 11.3 Å². The summed E-state index contributed by atoms with van der Waals surface area (Å²) in [4.78, 5) is 22.7. The van der Waals surface area contributed by atoms with Crippen LogP contribution in [0.5, 0.6) is 5.75 Å². The SMILES string of the molecule is COc1ccc(-c2cnc([C@@H]3COCCN3C(=O)N[C@H](C)c3ccccc3)[nH]2)cc1. The summed E-state index contributed by atoms with van der Waals surface area (Å²) in [5.41, 5.74) is 2.95. The number of imidazole rings is 1. The van der Waals surface area contributed by atoms with E-state index >= 15 is 0 Å². The van der Waals surface area contributed by atoms with Crippen molar-refractivity contribution in [1.82, 2.24) is 20.2 Å². The fourth-order valence-electron chi connectivity index (χ4n) is 3.59. The number of hydrogen-bond donors (Lipinski definition) is 2. The smallest absolute Gasteiger partial charge is 0.318 e. The van der Waals surface area contributed by atoms with Crippen molar-refractivity contribution in [3.05, 3.63) is 72.2 Å². The number of aromatic nitrogens is 2. The largest absolute Gasteiger partial charge is 0.497 e. The van der Waals surface area contributed by atoms with E-state index in [0.717, 1.165) is 22.6 Å². The molecule has 3 aromatic rings. The van der Waals surface area contributed by atoms with Crippen molar-refractivity contribution in [2.45, 2.75) is 19.0 Å². The van der Waals surface area contributed by atoms with Crippen LogP contribution < -0.4 is 10.1 Å². The van der Waals surface area contributed by atoms with Crippen LogP contribution in [0.3, 0.4) is 0 Å². The molecule has 1 aromatic heterocycles. The highest BCUT2D eigenvalue weighted by molar-refractivity contribution is 5.75. The first-order chi connectivity index (χ1) is 14.7. The van der Waals surface area contributed by atoms with Gasteiger partial charge in [0.25, 0.3) is 0 Å². The van der Waals surface area contributed by atoms with E-state index in [1.165, 1.54) is 0 Å². The van der Waals surface area contributed by atoms with Crippen molar-refractivity contribution in [2.75, 3.05) is 26.9 Å². The van der Waals surface area contributed by atoms with E-state index in [0.29, 0.717) is 25.6 Å². The third-order valence-corrected chi connectivity index (χ3v) is 5.34. The standard InChI is InChI=1S/C23H26N4O3/c1-16(17-6-4-3-5-7-17)25-23(28)27-12-13-30-15-21(27)22-24-14-20(26-22)18-8-10-19(29-2)11-9-18/h3-11,14,16,21H,12-13,15H2,1-2H3,(H,24,26)(H,25,28)/t16-,21+/m1/s1. The first-order valence-electron chi connectivity index (χ1n) is 10.0. The molecule has 156 valence electrons. The molecule has 7 nitrogen and oxygen atoms in total. The number of carbonyl (C=O) groups excluding carboxylic acids is 1. The van der Waals surface area contributed by atoms with Gasteiger partial charge in [-0.25, -0.2) is 9.78 Å².